The zero-order valence-corrected chi connectivity index (χ0v) is 12.2. The molecule has 0 spiro atoms. The Bertz CT molecular complexity index is 701. The van der Waals surface area contributed by atoms with E-state index < -0.39 is 5.97 Å². The molecular formula is C16H15ClN2O2. The molecule has 2 aromatic rings. The van der Waals surface area contributed by atoms with Crippen LogP contribution >= 0.6 is 11.6 Å². The minimum atomic E-state index is -0.959. The smallest absolute Gasteiger partial charge is 0.339 e. The number of halogens is 1. The van der Waals surface area contributed by atoms with Crippen LogP contribution in [-0.4, -0.2) is 16.1 Å². The molecule has 1 aromatic carbocycles. The molecule has 1 aliphatic rings. The number of rotatable bonds is 4. The average molecular weight is 303 g/mol. The molecule has 108 valence electrons. The number of pyridine rings is 1. The van der Waals surface area contributed by atoms with E-state index in [0.29, 0.717) is 17.4 Å². The van der Waals surface area contributed by atoms with Crippen molar-refractivity contribution < 1.29 is 9.90 Å². The third kappa shape index (κ3) is 2.85. The SMILES string of the molecule is O=C(O)c1cc2c(nc1NCc1ccccc1Cl)CCC2. The molecule has 0 fully saturated rings. The maximum absolute atomic E-state index is 11.4. The van der Waals surface area contributed by atoms with Gasteiger partial charge in [0.25, 0.3) is 0 Å². The van der Waals surface area contributed by atoms with Crippen LogP contribution in [0.3, 0.4) is 0 Å². The molecule has 0 bridgehead atoms. The fraction of sp³-hybridized carbons (Fsp3) is 0.250. The maximum Gasteiger partial charge on any atom is 0.339 e. The molecule has 0 saturated carbocycles. The highest BCUT2D eigenvalue weighted by molar-refractivity contribution is 6.31. The molecule has 0 radical (unpaired) electrons. The fourth-order valence-corrected chi connectivity index (χ4v) is 2.79. The molecule has 1 heterocycles. The van der Waals surface area contributed by atoms with Gasteiger partial charge in [0.15, 0.2) is 0 Å². The Labute approximate surface area is 127 Å². The topological polar surface area (TPSA) is 62.2 Å². The van der Waals surface area contributed by atoms with Crippen molar-refractivity contribution in [3.63, 3.8) is 0 Å². The van der Waals surface area contributed by atoms with Crippen molar-refractivity contribution >= 4 is 23.4 Å². The summed E-state index contributed by atoms with van der Waals surface area (Å²) in [5.41, 5.74) is 3.19. The predicted octanol–water partition coefficient (Wildman–Crippen LogP) is 3.53. The van der Waals surface area contributed by atoms with E-state index in [1.54, 1.807) is 6.07 Å². The lowest BCUT2D eigenvalue weighted by molar-refractivity contribution is 0.0697. The molecule has 0 saturated heterocycles. The third-order valence-corrected chi connectivity index (χ3v) is 4.05. The standard InChI is InChI=1S/C16H15ClN2O2/c17-13-6-2-1-4-11(13)9-18-15-12(16(20)21)8-10-5-3-7-14(10)19-15/h1-2,4,6,8H,3,5,7,9H2,(H,18,19)(H,20,21). The van der Waals surface area contributed by atoms with Crippen molar-refractivity contribution in [1.82, 2.24) is 4.98 Å². The molecule has 4 nitrogen and oxygen atoms in total. The third-order valence-electron chi connectivity index (χ3n) is 3.69. The van der Waals surface area contributed by atoms with Crippen molar-refractivity contribution in [3.05, 3.63) is 57.7 Å². The van der Waals surface area contributed by atoms with Gasteiger partial charge in [-0.15, -0.1) is 0 Å². The van der Waals surface area contributed by atoms with E-state index in [2.05, 4.69) is 10.3 Å². The summed E-state index contributed by atoms with van der Waals surface area (Å²) in [6, 6.07) is 9.22. The van der Waals surface area contributed by atoms with Gasteiger partial charge >= 0.3 is 5.97 Å². The summed E-state index contributed by atoms with van der Waals surface area (Å²) in [6.45, 7) is 0.450. The molecule has 0 atom stereocenters. The van der Waals surface area contributed by atoms with Crippen molar-refractivity contribution in [3.8, 4) is 0 Å². The first kappa shape index (κ1) is 13.9. The number of hydrogen-bond donors (Lipinski definition) is 2. The number of carboxylic acids is 1. The Balaban J connectivity index is 1.88. The normalized spacial score (nSPS) is 13.0. The van der Waals surface area contributed by atoms with Gasteiger partial charge in [0.2, 0.25) is 0 Å². The zero-order chi connectivity index (χ0) is 14.8. The van der Waals surface area contributed by atoms with E-state index >= 15 is 0 Å². The quantitative estimate of drug-likeness (QED) is 0.907. The number of fused-ring (bicyclic) bond motifs is 1. The van der Waals surface area contributed by atoms with Gasteiger partial charge in [-0.2, -0.15) is 0 Å². The van der Waals surface area contributed by atoms with Gasteiger partial charge in [-0.1, -0.05) is 29.8 Å². The number of aromatic nitrogens is 1. The van der Waals surface area contributed by atoms with Gasteiger partial charge in [0.1, 0.15) is 11.4 Å². The van der Waals surface area contributed by atoms with Crippen LogP contribution in [0.4, 0.5) is 5.82 Å². The highest BCUT2D eigenvalue weighted by Gasteiger charge is 2.19. The van der Waals surface area contributed by atoms with Crippen LogP contribution < -0.4 is 5.32 Å². The minimum absolute atomic E-state index is 0.225. The van der Waals surface area contributed by atoms with Crippen LogP contribution in [0.2, 0.25) is 5.02 Å². The van der Waals surface area contributed by atoms with E-state index in [4.69, 9.17) is 11.6 Å². The van der Waals surface area contributed by atoms with E-state index in [9.17, 15) is 9.90 Å². The van der Waals surface area contributed by atoms with Crippen LogP contribution in [0, 0.1) is 0 Å². The summed E-state index contributed by atoms with van der Waals surface area (Å²) >= 11 is 6.11. The molecule has 2 N–H and O–H groups in total. The second-order valence-corrected chi connectivity index (χ2v) is 5.50. The van der Waals surface area contributed by atoms with Gasteiger partial charge in [-0.05, 0) is 42.5 Å². The molecule has 0 aliphatic heterocycles. The number of carbonyl (C=O) groups is 1. The molecule has 0 unspecified atom stereocenters. The van der Waals surface area contributed by atoms with Gasteiger partial charge in [0.05, 0.1) is 0 Å². The summed E-state index contributed by atoms with van der Waals surface area (Å²) in [7, 11) is 0. The van der Waals surface area contributed by atoms with Gasteiger partial charge in [-0.25, -0.2) is 9.78 Å². The minimum Gasteiger partial charge on any atom is -0.478 e. The number of aryl methyl sites for hydroxylation is 2. The Kier molecular flexibility index (Phi) is 3.80. The predicted molar refractivity (Wildman–Crippen MR) is 82.0 cm³/mol. The van der Waals surface area contributed by atoms with Crippen LogP contribution in [0.25, 0.3) is 0 Å². The first-order valence-electron chi connectivity index (χ1n) is 6.88. The lowest BCUT2D eigenvalue weighted by Gasteiger charge is -2.12. The lowest BCUT2D eigenvalue weighted by atomic mass is 10.1. The van der Waals surface area contributed by atoms with E-state index in [-0.39, 0.29) is 5.56 Å². The number of carboxylic acid groups (broad SMARTS) is 1. The monoisotopic (exact) mass is 302 g/mol. The van der Waals surface area contributed by atoms with Crippen LogP contribution in [-0.2, 0) is 19.4 Å². The van der Waals surface area contributed by atoms with E-state index in [0.717, 1.165) is 36.1 Å². The summed E-state index contributed by atoms with van der Waals surface area (Å²) in [5.74, 6) is -0.540. The summed E-state index contributed by atoms with van der Waals surface area (Å²) in [5, 5.41) is 13.1. The zero-order valence-electron chi connectivity index (χ0n) is 11.4. The molecule has 0 amide bonds. The number of hydrogen-bond acceptors (Lipinski definition) is 3. The summed E-state index contributed by atoms with van der Waals surface area (Å²) in [6.07, 6.45) is 2.86. The number of benzene rings is 1. The van der Waals surface area contributed by atoms with Gasteiger partial charge in [0, 0.05) is 17.3 Å². The van der Waals surface area contributed by atoms with Crippen LogP contribution in [0.15, 0.2) is 30.3 Å². The van der Waals surface area contributed by atoms with E-state index in [1.807, 2.05) is 24.3 Å². The van der Waals surface area contributed by atoms with Crippen molar-refractivity contribution in [2.24, 2.45) is 0 Å². The van der Waals surface area contributed by atoms with Gasteiger partial charge in [-0.3, -0.25) is 0 Å². The molecule has 1 aromatic heterocycles. The first-order valence-corrected chi connectivity index (χ1v) is 7.26. The van der Waals surface area contributed by atoms with Crippen molar-refractivity contribution in [2.75, 3.05) is 5.32 Å². The highest BCUT2D eigenvalue weighted by Crippen LogP contribution is 2.26. The van der Waals surface area contributed by atoms with Crippen molar-refractivity contribution in [2.45, 2.75) is 25.8 Å². The molecule has 3 rings (SSSR count). The molecule has 21 heavy (non-hydrogen) atoms. The second-order valence-electron chi connectivity index (χ2n) is 5.09. The lowest BCUT2D eigenvalue weighted by Crippen LogP contribution is -2.10. The molecular weight excluding hydrogens is 288 g/mol. The number of aromatic carboxylic acids is 1. The fourth-order valence-electron chi connectivity index (χ4n) is 2.59. The number of anilines is 1. The Morgan fingerprint density at radius 2 is 2.14 bits per heavy atom. The number of nitrogens with zero attached hydrogens (tertiary/aromatic N) is 1. The van der Waals surface area contributed by atoms with E-state index in [1.165, 1.54) is 0 Å². The second kappa shape index (κ2) is 5.74. The van der Waals surface area contributed by atoms with Crippen LogP contribution in [0.5, 0.6) is 0 Å². The Morgan fingerprint density at radius 3 is 2.90 bits per heavy atom. The molecule has 5 heteroatoms. The first-order chi connectivity index (χ1) is 10.1. The summed E-state index contributed by atoms with van der Waals surface area (Å²) in [4.78, 5) is 15.9. The van der Waals surface area contributed by atoms with Crippen molar-refractivity contribution in [1.29, 1.82) is 0 Å². The maximum atomic E-state index is 11.4. The summed E-state index contributed by atoms with van der Waals surface area (Å²) < 4.78 is 0. The Hall–Kier alpha value is -2.07. The largest absolute Gasteiger partial charge is 0.478 e. The number of nitrogens with one attached hydrogen (secondary N) is 1. The van der Waals surface area contributed by atoms with Crippen LogP contribution in [0.1, 0.15) is 33.6 Å². The highest BCUT2D eigenvalue weighted by atomic mass is 35.5. The average Bonchev–Trinajstić information content (AvgIpc) is 2.92. The molecule has 1 aliphatic carbocycles. The van der Waals surface area contributed by atoms with Gasteiger partial charge < -0.3 is 10.4 Å². The Morgan fingerprint density at radius 1 is 1.33 bits per heavy atom.